The van der Waals surface area contributed by atoms with Crippen molar-refractivity contribution in [2.75, 3.05) is 0 Å². The Morgan fingerprint density at radius 2 is 1.50 bits per heavy atom. The van der Waals surface area contributed by atoms with Gasteiger partial charge in [0.05, 0.1) is 0 Å². The van der Waals surface area contributed by atoms with Crippen molar-refractivity contribution in [3.63, 3.8) is 0 Å². The zero-order chi connectivity index (χ0) is 15.1. The Bertz CT molecular complexity index is 835. The lowest BCUT2D eigenvalue weighted by Gasteiger charge is -2.11. The molecule has 0 radical (unpaired) electrons. The van der Waals surface area contributed by atoms with Gasteiger partial charge in [-0.05, 0) is 60.1 Å². The summed E-state index contributed by atoms with van der Waals surface area (Å²) in [7, 11) is 0. The Morgan fingerprint density at radius 3 is 2.32 bits per heavy atom. The van der Waals surface area contributed by atoms with E-state index < -0.39 is 0 Å². The van der Waals surface area contributed by atoms with Gasteiger partial charge in [0.2, 0.25) is 0 Å². The van der Waals surface area contributed by atoms with Crippen molar-refractivity contribution in [2.45, 2.75) is 26.7 Å². The molecule has 0 saturated carbocycles. The molecule has 0 aromatic heterocycles. The molecule has 4 rings (SSSR count). The lowest BCUT2D eigenvalue weighted by atomic mass is 9.93. The molecule has 0 aliphatic heterocycles. The summed E-state index contributed by atoms with van der Waals surface area (Å²) in [6.07, 6.45) is 2.09. The molecule has 0 heteroatoms. The smallest absolute Gasteiger partial charge is 0.00133 e. The van der Waals surface area contributed by atoms with Gasteiger partial charge in [-0.1, -0.05) is 71.8 Å². The van der Waals surface area contributed by atoms with Gasteiger partial charge in [-0.2, -0.15) is 0 Å². The van der Waals surface area contributed by atoms with Crippen molar-refractivity contribution in [2.24, 2.45) is 0 Å². The molecule has 0 unspecified atom stereocenters. The Balaban J connectivity index is 1.81. The molecular formula is C22H20. The van der Waals surface area contributed by atoms with E-state index in [2.05, 4.69) is 74.5 Å². The van der Waals surface area contributed by atoms with E-state index in [0.717, 1.165) is 12.8 Å². The first-order valence-electron chi connectivity index (χ1n) is 7.97. The van der Waals surface area contributed by atoms with Crippen molar-refractivity contribution in [1.29, 1.82) is 0 Å². The van der Waals surface area contributed by atoms with Gasteiger partial charge in [-0.25, -0.2) is 0 Å². The fraction of sp³-hybridized carbons (Fsp3) is 0.182. The first-order chi connectivity index (χ1) is 10.7. The molecule has 0 saturated heterocycles. The minimum Gasteiger partial charge on any atom is -0.0619 e. The summed E-state index contributed by atoms with van der Waals surface area (Å²) in [4.78, 5) is 0. The van der Waals surface area contributed by atoms with Crippen LogP contribution in [0.5, 0.6) is 0 Å². The van der Waals surface area contributed by atoms with Crippen molar-refractivity contribution in [3.05, 3.63) is 94.0 Å². The second-order valence-electron chi connectivity index (χ2n) is 6.46. The van der Waals surface area contributed by atoms with Crippen LogP contribution in [0.1, 0.15) is 33.4 Å². The molecule has 0 fully saturated rings. The molecule has 0 heterocycles. The highest BCUT2D eigenvalue weighted by atomic mass is 14.2. The number of benzene rings is 3. The van der Waals surface area contributed by atoms with Gasteiger partial charge in [0.1, 0.15) is 0 Å². The van der Waals surface area contributed by atoms with Crippen LogP contribution >= 0.6 is 0 Å². The predicted octanol–water partition coefficient (Wildman–Crippen LogP) is 5.47. The monoisotopic (exact) mass is 284 g/mol. The Hall–Kier alpha value is -2.34. The van der Waals surface area contributed by atoms with Gasteiger partial charge in [0.25, 0.3) is 0 Å². The van der Waals surface area contributed by atoms with Crippen LogP contribution in [0.25, 0.3) is 11.1 Å². The van der Waals surface area contributed by atoms with Crippen LogP contribution in [0.3, 0.4) is 0 Å². The zero-order valence-electron chi connectivity index (χ0n) is 13.2. The van der Waals surface area contributed by atoms with Crippen LogP contribution in [-0.2, 0) is 12.8 Å². The first kappa shape index (κ1) is 13.3. The van der Waals surface area contributed by atoms with Crippen molar-refractivity contribution < 1.29 is 0 Å². The minimum atomic E-state index is 1.01. The van der Waals surface area contributed by atoms with Gasteiger partial charge in [-0.15, -0.1) is 0 Å². The average molecular weight is 284 g/mol. The average Bonchev–Trinajstić information content (AvgIpc) is 2.85. The Labute approximate surface area is 132 Å². The maximum Gasteiger partial charge on any atom is -0.00133 e. The lowest BCUT2D eigenvalue weighted by molar-refractivity contribution is 1.16. The third-order valence-corrected chi connectivity index (χ3v) is 4.58. The van der Waals surface area contributed by atoms with Gasteiger partial charge in [0, 0.05) is 0 Å². The molecule has 0 atom stereocenters. The van der Waals surface area contributed by atoms with Crippen molar-refractivity contribution in [3.8, 4) is 11.1 Å². The fourth-order valence-corrected chi connectivity index (χ4v) is 3.81. The van der Waals surface area contributed by atoms with E-state index >= 15 is 0 Å². The largest absolute Gasteiger partial charge is 0.0619 e. The molecule has 3 aromatic rings. The van der Waals surface area contributed by atoms with Gasteiger partial charge in [0.15, 0.2) is 0 Å². The molecule has 0 nitrogen and oxygen atoms in total. The van der Waals surface area contributed by atoms with E-state index in [0.29, 0.717) is 0 Å². The molecule has 3 aromatic carbocycles. The summed E-state index contributed by atoms with van der Waals surface area (Å²) in [6.45, 7) is 4.36. The standard InChI is InChI=1S/C22H20/c1-15-10-16(2)12-17(11-15)13-19-7-5-8-20-14-18-6-3-4-9-21(18)22(19)20/h3-12H,13-14H2,1-2H3. The van der Waals surface area contributed by atoms with Crippen LogP contribution < -0.4 is 0 Å². The number of fused-ring (bicyclic) bond motifs is 3. The summed E-state index contributed by atoms with van der Waals surface area (Å²) in [5, 5.41) is 0. The highest BCUT2D eigenvalue weighted by molar-refractivity contribution is 5.79. The summed E-state index contributed by atoms with van der Waals surface area (Å²) in [5.74, 6) is 0. The SMILES string of the molecule is Cc1cc(C)cc(Cc2cccc3c2-c2ccccc2C3)c1. The number of aryl methyl sites for hydroxylation is 2. The van der Waals surface area contributed by atoms with Gasteiger partial charge < -0.3 is 0 Å². The van der Waals surface area contributed by atoms with Gasteiger partial charge in [-0.3, -0.25) is 0 Å². The first-order valence-corrected chi connectivity index (χ1v) is 7.97. The summed E-state index contributed by atoms with van der Waals surface area (Å²) < 4.78 is 0. The van der Waals surface area contributed by atoms with Crippen LogP contribution in [0, 0.1) is 13.8 Å². The summed E-state index contributed by atoms with van der Waals surface area (Å²) in [5.41, 5.74) is 11.4. The molecule has 108 valence electrons. The number of rotatable bonds is 2. The second kappa shape index (κ2) is 5.14. The normalized spacial score (nSPS) is 12.1. The number of hydrogen-bond acceptors (Lipinski definition) is 0. The Kier molecular flexibility index (Phi) is 3.11. The second-order valence-corrected chi connectivity index (χ2v) is 6.46. The fourth-order valence-electron chi connectivity index (χ4n) is 3.81. The minimum absolute atomic E-state index is 1.01. The summed E-state index contributed by atoms with van der Waals surface area (Å²) in [6, 6.07) is 22.5. The van der Waals surface area contributed by atoms with Crippen LogP contribution in [0.4, 0.5) is 0 Å². The van der Waals surface area contributed by atoms with Crippen molar-refractivity contribution in [1.82, 2.24) is 0 Å². The van der Waals surface area contributed by atoms with E-state index in [-0.39, 0.29) is 0 Å². The Morgan fingerprint density at radius 1 is 0.773 bits per heavy atom. The number of hydrogen-bond donors (Lipinski definition) is 0. The van der Waals surface area contributed by atoms with Crippen molar-refractivity contribution >= 4 is 0 Å². The molecule has 22 heavy (non-hydrogen) atoms. The molecule has 0 spiro atoms. The van der Waals surface area contributed by atoms with E-state index in [1.807, 2.05) is 0 Å². The molecule has 1 aliphatic rings. The molecule has 1 aliphatic carbocycles. The maximum absolute atomic E-state index is 2.31. The lowest BCUT2D eigenvalue weighted by Crippen LogP contribution is -1.94. The maximum atomic E-state index is 2.31. The topological polar surface area (TPSA) is 0 Å². The van der Waals surface area contributed by atoms with Crippen LogP contribution in [0.15, 0.2) is 60.7 Å². The third-order valence-electron chi connectivity index (χ3n) is 4.58. The summed E-state index contributed by atoms with van der Waals surface area (Å²) >= 11 is 0. The van der Waals surface area contributed by atoms with Gasteiger partial charge >= 0.3 is 0 Å². The van der Waals surface area contributed by atoms with Crippen LogP contribution in [-0.4, -0.2) is 0 Å². The predicted molar refractivity (Wildman–Crippen MR) is 93.4 cm³/mol. The van der Waals surface area contributed by atoms with E-state index in [9.17, 15) is 0 Å². The zero-order valence-corrected chi connectivity index (χ0v) is 13.2. The molecule has 0 N–H and O–H groups in total. The highest BCUT2D eigenvalue weighted by Gasteiger charge is 2.20. The molecule has 0 amide bonds. The van der Waals surface area contributed by atoms with E-state index in [1.165, 1.54) is 44.5 Å². The van der Waals surface area contributed by atoms with E-state index in [1.54, 1.807) is 0 Å². The molecular weight excluding hydrogens is 264 g/mol. The third kappa shape index (κ3) is 2.25. The quantitative estimate of drug-likeness (QED) is 0.458. The molecule has 0 bridgehead atoms. The van der Waals surface area contributed by atoms with E-state index in [4.69, 9.17) is 0 Å². The van der Waals surface area contributed by atoms with Crippen LogP contribution in [0.2, 0.25) is 0 Å². The highest BCUT2D eigenvalue weighted by Crippen LogP contribution is 2.39.